The van der Waals surface area contributed by atoms with Gasteiger partial charge in [0.05, 0.1) is 7.11 Å². The van der Waals surface area contributed by atoms with Crippen molar-refractivity contribution in [2.24, 2.45) is 0 Å². The van der Waals surface area contributed by atoms with Crippen LogP contribution in [0.15, 0.2) is 35.3 Å². The lowest BCUT2D eigenvalue weighted by Gasteiger charge is -2.15. The Bertz CT molecular complexity index is 1050. The number of sulfone groups is 1. The Morgan fingerprint density at radius 2 is 2.00 bits per heavy atom. The molecule has 8 nitrogen and oxygen atoms in total. The van der Waals surface area contributed by atoms with Crippen LogP contribution >= 0.6 is 0 Å². The lowest BCUT2D eigenvalue weighted by atomic mass is 10.1. The fourth-order valence-electron chi connectivity index (χ4n) is 2.67. The monoisotopic (exact) mass is 416 g/mol. The van der Waals surface area contributed by atoms with Crippen molar-refractivity contribution in [1.82, 2.24) is 10.0 Å². The number of amides is 1. The SMILES string of the molecule is COc1cccc(-c2cc(=O)n(CC[C@H](C(=O)NO)S(C)(=O)=O)cc2F)c1F. The van der Waals surface area contributed by atoms with Gasteiger partial charge in [-0.15, -0.1) is 0 Å². The number of hydrogen-bond acceptors (Lipinski definition) is 6. The lowest BCUT2D eigenvalue weighted by Crippen LogP contribution is -2.39. The number of nitrogens with one attached hydrogen (secondary N) is 1. The van der Waals surface area contributed by atoms with Crippen molar-refractivity contribution < 1.29 is 31.9 Å². The molecule has 0 aliphatic carbocycles. The summed E-state index contributed by atoms with van der Waals surface area (Å²) in [5, 5.41) is 7.04. The Balaban J connectivity index is 2.37. The number of ether oxygens (including phenoxy) is 1. The van der Waals surface area contributed by atoms with Crippen LogP contribution in [0, 0.1) is 11.6 Å². The second kappa shape index (κ2) is 8.48. The summed E-state index contributed by atoms with van der Waals surface area (Å²) >= 11 is 0. The van der Waals surface area contributed by atoms with E-state index in [2.05, 4.69) is 0 Å². The third-order valence-corrected chi connectivity index (χ3v) is 5.59. The number of aromatic nitrogens is 1. The Morgan fingerprint density at radius 3 is 2.57 bits per heavy atom. The second-order valence-electron chi connectivity index (χ2n) is 5.97. The number of rotatable bonds is 7. The van der Waals surface area contributed by atoms with Crippen molar-refractivity contribution in [2.45, 2.75) is 18.2 Å². The highest BCUT2D eigenvalue weighted by atomic mass is 32.2. The van der Waals surface area contributed by atoms with Crippen LogP contribution in [0.25, 0.3) is 11.1 Å². The minimum Gasteiger partial charge on any atom is -0.494 e. The minimum absolute atomic E-state index is 0.118. The molecule has 1 aromatic carbocycles. The van der Waals surface area contributed by atoms with E-state index in [1.54, 1.807) is 0 Å². The maximum absolute atomic E-state index is 14.5. The van der Waals surface area contributed by atoms with Crippen molar-refractivity contribution in [3.05, 3.63) is 52.5 Å². The molecule has 28 heavy (non-hydrogen) atoms. The number of aryl methyl sites for hydroxylation is 1. The van der Waals surface area contributed by atoms with Gasteiger partial charge in [0.1, 0.15) is 11.1 Å². The molecule has 0 fully saturated rings. The van der Waals surface area contributed by atoms with Gasteiger partial charge in [-0.2, -0.15) is 0 Å². The number of hydrogen-bond donors (Lipinski definition) is 2. The molecule has 0 saturated heterocycles. The smallest absolute Gasteiger partial charge is 0.261 e. The summed E-state index contributed by atoms with van der Waals surface area (Å²) in [4.78, 5) is 23.8. The second-order valence-corrected chi connectivity index (χ2v) is 8.20. The molecule has 2 N–H and O–H groups in total. The minimum atomic E-state index is -3.88. The van der Waals surface area contributed by atoms with E-state index in [0.29, 0.717) is 0 Å². The van der Waals surface area contributed by atoms with Gasteiger partial charge in [-0.1, -0.05) is 12.1 Å². The first kappa shape index (κ1) is 21.5. The molecule has 11 heteroatoms. The van der Waals surface area contributed by atoms with E-state index in [0.717, 1.165) is 23.1 Å². The van der Waals surface area contributed by atoms with E-state index < -0.39 is 38.2 Å². The van der Waals surface area contributed by atoms with E-state index >= 15 is 0 Å². The molecule has 1 amide bonds. The maximum Gasteiger partial charge on any atom is 0.261 e. The molecule has 152 valence electrons. The highest BCUT2D eigenvalue weighted by molar-refractivity contribution is 7.92. The van der Waals surface area contributed by atoms with Crippen molar-refractivity contribution in [3.8, 4) is 16.9 Å². The molecule has 0 saturated carbocycles. The van der Waals surface area contributed by atoms with Crippen LogP contribution < -0.4 is 15.8 Å². The molecule has 2 rings (SSSR count). The normalized spacial score (nSPS) is 12.5. The molecule has 2 aromatic rings. The molecular weight excluding hydrogens is 398 g/mol. The van der Waals surface area contributed by atoms with E-state index in [1.807, 2.05) is 0 Å². The summed E-state index contributed by atoms with van der Waals surface area (Å²) in [5.74, 6) is -3.04. The molecule has 0 aliphatic heterocycles. The average molecular weight is 416 g/mol. The standard InChI is InChI=1S/C17H18F2N2O6S/c1-27-13-5-3-4-10(16(13)19)11-8-15(22)21(9-12(11)18)7-6-14(17(23)20-24)28(2,25)26/h3-5,8-9,14,24H,6-7H2,1-2H3,(H,20,23)/t14-/m1/s1. The molecule has 0 radical (unpaired) electrons. The fourth-order valence-corrected chi connectivity index (χ4v) is 3.65. The summed E-state index contributed by atoms with van der Waals surface area (Å²) in [6.07, 6.45) is 1.22. The van der Waals surface area contributed by atoms with Gasteiger partial charge in [0.2, 0.25) is 0 Å². The molecule has 0 bridgehead atoms. The Kier molecular flexibility index (Phi) is 6.52. The molecule has 0 aliphatic rings. The van der Waals surface area contributed by atoms with Crippen LogP contribution in [-0.2, 0) is 21.2 Å². The zero-order valence-electron chi connectivity index (χ0n) is 15.0. The number of pyridine rings is 1. The number of benzene rings is 1. The zero-order chi connectivity index (χ0) is 21.1. The van der Waals surface area contributed by atoms with E-state index in [4.69, 9.17) is 9.94 Å². The van der Waals surface area contributed by atoms with Crippen LogP contribution in [-0.4, -0.2) is 42.7 Å². The van der Waals surface area contributed by atoms with Crippen LogP contribution in [0.1, 0.15) is 6.42 Å². The van der Waals surface area contributed by atoms with Crippen molar-refractivity contribution in [2.75, 3.05) is 13.4 Å². The van der Waals surface area contributed by atoms with Gasteiger partial charge >= 0.3 is 0 Å². The number of nitrogens with zero attached hydrogens (tertiary/aromatic N) is 1. The highest BCUT2D eigenvalue weighted by Crippen LogP contribution is 2.29. The van der Waals surface area contributed by atoms with Gasteiger partial charge in [-0.05, 0) is 12.5 Å². The first-order valence-corrected chi connectivity index (χ1v) is 9.91. The summed E-state index contributed by atoms with van der Waals surface area (Å²) < 4.78 is 57.9. The topological polar surface area (TPSA) is 115 Å². The molecule has 1 atom stereocenters. The van der Waals surface area contributed by atoms with Crippen molar-refractivity contribution in [1.29, 1.82) is 0 Å². The van der Waals surface area contributed by atoms with Crippen LogP contribution in [0.2, 0.25) is 0 Å². The van der Waals surface area contributed by atoms with E-state index in [1.165, 1.54) is 30.8 Å². The predicted octanol–water partition coefficient (Wildman–Crippen LogP) is 1.11. The Labute approximate surface area is 159 Å². The zero-order valence-corrected chi connectivity index (χ0v) is 15.8. The van der Waals surface area contributed by atoms with Crippen LogP contribution in [0.4, 0.5) is 8.78 Å². The van der Waals surface area contributed by atoms with Gasteiger partial charge in [0.25, 0.3) is 11.5 Å². The van der Waals surface area contributed by atoms with Crippen LogP contribution in [0.5, 0.6) is 5.75 Å². The average Bonchev–Trinajstić information content (AvgIpc) is 2.63. The highest BCUT2D eigenvalue weighted by Gasteiger charge is 2.28. The molecular formula is C17H18F2N2O6S. The van der Waals surface area contributed by atoms with Gasteiger partial charge in [-0.25, -0.2) is 22.7 Å². The predicted molar refractivity (Wildman–Crippen MR) is 95.8 cm³/mol. The fraction of sp³-hybridized carbons (Fsp3) is 0.294. The largest absolute Gasteiger partial charge is 0.494 e. The van der Waals surface area contributed by atoms with Gasteiger partial charge in [0, 0.05) is 36.2 Å². The number of methoxy groups -OCH3 is 1. The Hall–Kier alpha value is -2.79. The third-order valence-electron chi connectivity index (χ3n) is 4.10. The van der Waals surface area contributed by atoms with E-state index in [9.17, 15) is 26.8 Å². The first-order chi connectivity index (χ1) is 13.1. The summed E-state index contributed by atoms with van der Waals surface area (Å²) in [6.45, 7) is -0.318. The maximum atomic E-state index is 14.5. The number of carbonyl (C=O) groups excluding carboxylic acids is 1. The number of hydroxylamine groups is 1. The number of carbonyl (C=O) groups is 1. The van der Waals surface area contributed by atoms with Gasteiger partial charge in [0.15, 0.2) is 21.4 Å². The molecule has 0 spiro atoms. The van der Waals surface area contributed by atoms with E-state index in [-0.39, 0.29) is 29.8 Å². The Morgan fingerprint density at radius 1 is 1.32 bits per heavy atom. The van der Waals surface area contributed by atoms with Crippen LogP contribution in [0.3, 0.4) is 0 Å². The summed E-state index contributed by atoms with van der Waals surface area (Å²) in [6, 6.07) is 4.93. The lowest BCUT2D eigenvalue weighted by molar-refractivity contribution is -0.128. The molecule has 0 unspecified atom stereocenters. The molecule has 1 aromatic heterocycles. The van der Waals surface area contributed by atoms with Crippen molar-refractivity contribution >= 4 is 15.7 Å². The number of halogens is 2. The third kappa shape index (κ3) is 4.54. The van der Waals surface area contributed by atoms with Gasteiger partial charge < -0.3 is 9.30 Å². The van der Waals surface area contributed by atoms with Gasteiger partial charge in [-0.3, -0.25) is 14.8 Å². The molecule has 1 heterocycles. The summed E-state index contributed by atoms with van der Waals surface area (Å²) in [7, 11) is -2.63. The quantitative estimate of drug-likeness (QED) is 0.516. The first-order valence-electron chi connectivity index (χ1n) is 7.95. The van der Waals surface area contributed by atoms with Crippen molar-refractivity contribution in [3.63, 3.8) is 0 Å². The summed E-state index contributed by atoms with van der Waals surface area (Å²) in [5.41, 5.74) is 0.0637.